The summed E-state index contributed by atoms with van der Waals surface area (Å²) in [7, 11) is -3.75. The molecule has 0 bridgehead atoms. The van der Waals surface area contributed by atoms with Gasteiger partial charge < -0.3 is 5.32 Å². The number of hydrogen-bond donors (Lipinski definition) is 1. The predicted molar refractivity (Wildman–Crippen MR) is 101 cm³/mol. The van der Waals surface area contributed by atoms with Gasteiger partial charge >= 0.3 is 0 Å². The molecule has 1 atom stereocenters. The summed E-state index contributed by atoms with van der Waals surface area (Å²) in [5, 5.41) is 3.48. The zero-order chi connectivity index (χ0) is 19.4. The number of halogens is 2. The maximum absolute atomic E-state index is 13.1. The maximum atomic E-state index is 13.1. The Morgan fingerprint density at radius 2 is 1.81 bits per heavy atom. The number of carbonyl (C=O) groups is 1. The van der Waals surface area contributed by atoms with Gasteiger partial charge in [0, 0.05) is 24.7 Å². The molecule has 144 valence electrons. The summed E-state index contributed by atoms with van der Waals surface area (Å²) < 4.78 is 39.8. The van der Waals surface area contributed by atoms with Crippen LogP contribution >= 0.6 is 11.6 Å². The van der Waals surface area contributed by atoms with Crippen molar-refractivity contribution in [2.45, 2.75) is 24.3 Å². The summed E-state index contributed by atoms with van der Waals surface area (Å²) in [5.41, 5.74) is 0.916. The van der Waals surface area contributed by atoms with E-state index in [4.69, 9.17) is 11.6 Å². The lowest BCUT2D eigenvalue weighted by Gasteiger charge is -2.31. The van der Waals surface area contributed by atoms with E-state index < -0.39 is 21.8 Å². The number of nitrogens with zero attached hydrogens (tertiary/aromatic N) is 1. The number of amides is 1. The Labute approximate surface area is 163 Å². The molecule has 0 aliphatic carbocycles. The molecule has 1 N–H and O–H groups in total. The fraction of sp³-hybridized carbons (Fsp3) is 0.316. The minimum atomic E-state index is -3.75. The summed E-state index contributed by atoms with van der Waals surface area (Å²) in [4.78, 5) is 12.5. The lowest BCUT2D eigenvalue weighted by Crippen LogP contribution is -2.45. The fourth-order valence-electron chi connectivity index (χ4n) is 3.07. The van der Waals surface area contributed by atoms with Crippen molar-refractivity contribution in [1.29, 1.82) is 0 Å². The number of rotatable bonds is 5. The van der Waals surface area contributed by atoms with Crippen molar-refractivity contribution >= 4 is 27.5 Å². The molecule has 1 aliphatic heterocycles. The van der Waals surface area contributed by atoms with Crippen LogP contribution in [0, 0.1) is 11.7 Å². The SMILES string of the molecule is O=C(NCc1ccc(Cl)cc1)C1CCCN(S(=O)(=O)c2ccc(F)cc2)C1. The van der Waals surface area contributed by atoms with Gasteiger partial charge in [0.1, 0.15) is 5.82 Å². The molecule has 1 fully saturated rings. The van der Waals surface area contributed by atoms with Crippen molar-refractivity contribution in [3.05, 3.63) is 64.9 Å². The summed E-state index contributed by atoms with van der Waals surface area (Å²) in [6.07, 6.45) is 1.22. The zero-order valence-electron chi connectivity index (χ0n) is 14.6. The van der Waals surface area contributed by atoms with E-state index >= 15 is 0 Å². The average Bonchev–Trinajstić information content (AvgIpc) is 2.68. The molecule has 2 aromatic carbocycles. The molecule has 0 aromatic heterocycles. The van der Waals surface area contributed by atoms with Gasteiger partial charge in [0.2, 0.25) is 15.9 Å². The van der Waals surface area contributed by atoms with E-state index in [0.717, 1.165) is 17.7 Å². The molecule has 5 nitrogen and oxygen atoms in total. The van der Waals surface area contributed by atoms with Crippen LogP contribution in [-0.4, -0.2) is 31.7 Å². The van der Waals surface area contributed by atoms with Crippen LogP contribution in [0.2, 0.25) is 5.02 Å². The van der Waals surface area contributed by atoms with E-state index in [9.17, 15) is 17.6 Å². The summed E-state index contributed by atoms with van der Waals surface area (Å²) in [6.45, 7) is 0.823. The molecule has 0 spiro atoms. The van der Waals surface area contributed by atoms with Crippen molar-refractivity contribution in [3.8, 4) is 0 Å². The van der Waals surface area contributed by atoms with E-state index in [1.54, 1.807) is 12.1 Å². The number of nitrogens with one attached hydrogen (secondary N) is 1. The van der Waals surface area contributed by atoms with Gasteiger partial charge in [-0.25, -0.2) is 12.8 Å². The topological polar surface area (TPSA) is 66.5 Å². The molecule has 27 heavy (non-hydrogen) atoms. The highest BCUT2D eigenvalue weighted by atomic mass is 35.5. The van der Waals surface area contributed by atoms with Crippen LogP contribution in [0.5, 0.6) is 0 Å². The summed E-state index contributed by atoms with van der Waals surface area (Å²) in [5.74, 6) is -1.09. The van der Waals surface area contributed by atoms with E-state index in [1.165, 1.54) is 16.4 Å². The smallest absolute Gasteiger partial charge is 0.243 e. The Bertz CT molecular complexity index is 902. The third-order valence-corrected chi connectivity index (χ3v) is 6.72. The Kier molecular flexibility index (Phi) is 6.14. The van der Waals surface area contributed by atoms with E-state index in [2.05, 4.69) is 5.32 Å². The van der Waals surface area contributed by atoms with Crippen LogP contribution in [0.25, 0.3) is 0 Å². The summed E-state index contributed by atoms with van der Waals surface area (Å²) >= 11 is 5.84. The van der Waals surface area contributed by atoms with Crippen LogP contribution in [-0.2, 0) is 21.4 Å². The van der Waals surface area contributed by atoms with Gasteiger partial charge in [-0.05, 0) is 54.8 Å². The highest BCUT2D eigenvalue weighted by Gasteiger charge is 2.33. The van der Waals surface area contributed by atoms with Crippen LogP contribution in [0.3, 0.4) is 0 Å². The van der Waals surface area contributed by atoms with Crippen LogP contribution < -0.4 is 5.32 Å². The summed E-state index contributed by atoms with van der Waals surface area (Å²) in [6, 6.07) is 11.9. The van der Waals surface area contributed by atoms with E-state index in [1.807, 2.05) is 12.1 Å². The number of benzene rings is 2. The Morgan fingerprint density at radius 1 is 1.15 bits per heavy atom. The monoisotopic (exact) mass is 410 g/mol. The highest BCUT2D eigenvalue weighted by molar-refractivity contribution is 7.89. The zero-order valence-corrected chi connectivity index (χ0v) is 16.1. The van der Waals surface area contributed by atoms with Gasteiger partial charge in [0.25, 0.3) is 0 Å². The molecule has 0 radical (unpaired) electrons. The molecular formula is C19H20ClFN2O3S. The first-order chi connectivity index (χ1) is 12.9. The molecular weight excluding hydrogens is 391 g/mol. The third kappa shape index (κ3) is 4.86. The minimum Gasteiger partial charge on any atom is -0.352 e. The van der Waals surface area contributed by atoms with Gasteiger partial charge in [-0.2, -0.15) is 4.31 Å². The quantitative estimate of drug-likeness (QED) is 0.823. The second-order valence-electron chi connectivity index (χ2n) is 6.50. The Balaban J connectivity index is 1.63. The number of sulfonamides is 1. The molecule has 3 rings (SSSR count). The molecule has 1 heterocycles. The van der Waals surface area contributed by atoms with Crippen molar-refractivity contribution in [1.82, 2.24) is 9.62 Å². The first-order valence-electron chi connectivity index (χ1n) is 8.64. The number of piperidine rings is 1. The Hall–Kier alpha value is -1.96. The largest absolute Gasteiger partial charge is 0.352 e. The van der Waals surface area contributed by atoms with Crippen molar-refractivity contribution in [2.24, 2.45) is 5.92 Å². The second-order valence-corrected chi connectivity index (χ2v) is 8.87. The molecule has 1 amide bonds. The fourth-order valence-corrected chi connectivity index (χ4v) is 4.72. The standard InChI is InChI=1S/C19H20ClFN2O3S/c20-16-5-3-14(4-6-16)12-22-19(24)15-2-1-11-23(13-15)27(25,26)18-9-7-17(21)8-10-18/h3-10,15H,1-2,11-13H2,(H,22,24). The average molecular weight is 411 g/mol. The lowest BCUT2D eigenvalue weighted by atomic mass is 9.99. The third-order valence-electron chi connectivity index (χ3n) is 4.59. The minimum absolute atomic E-state index is 0.0334. The number of hydrogen-bond acceptors (Lipinski definition) is 3. The van der Waals surface area contributed by atoms with Crippen molar-refractivity contribution < 1.29 is 17.6 Å². The van der Waals surface area contributed by atoms with E-state index in [0.29, 0.717) is 31.0 Å². The molecule has 1 saturated heterocycles. The van der Waals surface area contributed by atoms with Crippen molar-refractivity contribution in [3.63, 3.8) is 0 Å². The van der Waals surface area contributed by atoms with Gasteiger partial charge in [-0.3, -0.25) is 4.79 Å². The predicted octanol–water partition coefficient (Wildman–Crippen LogP) is 3.20. The normalized spacial score (nSPS) is 18.2. The van der Waals surface area contributed by atoms with E-state index in [-0.39, 0.29) is 17.3 Å². The van der Waals surface area contributed by atoms with Crippen LogP contribution in [0.1, 0.15) is 18.4 Å². The first-order valence-corrected chi connectivity index (χ1v) is 10.5. The Morgan fingerprint density at radius 3 is 2.48 bits per heavy atom. The lowest BCUT2D eigenvalue weighted by molar-refractivity contribution is -0.126. The van der Waals surface area contributed by atoms with Crippen LogP contribution in [0.15, 0.2) is 53.4 Å². The second kappa shape index (κ2) is 8.37. The molecule has 1 unspecified atom stereocenters. The van der Waals surface area contributed by atoms with Gasteiger partial charge in [-0.1, -0.05) is 23.7 Å². The van der Waals surface area contributed by atoms with Gasteiger partial charge in [0.05, 0.1) is 10.8 Å². The molecule has 0 saturated carbocycles. The highest BCUT2D eigenvalue weighted by Crippen LogP contribution is 2.24. The first kappa shape index (κ1) is 19.8. The molecule has 8 heteroatoms. The van der Waals surface area contributed by atoms with Crippen LogP contribution in [0.4, 0.5) is 4.39 Å². The molecule has 1 aliphatic rings. The van der Waals surface area contributed by atoms with Crippen molar-refractivity contribution in [2.75, 3.05) is 13.1 Å². The van der Waals surface area contributed by atoms with Gasteiger partial charge in [0.15, 0.2) is 0 Å². The maximum Gasteiger partial charge on any atom is 0.243 e. The number of carbonyl (C=O) groups excluding carboxylic acids is 1. The molecule has 2 aromatic rings. The van der Waals surface area contributed by atoms with Gasteiger partial charge in [-0.15, -0.1) is 0 Å².